The number of benzene rings is 1. The predicted molar refractivity (Wildman–Crippen MR) is 314 cm³/mol. The molecule has 2 rings (SSSR count). The molecule has 0 spiro atoms. The van der Waals surface area contributed by atoms with Gasteiger partial charge in [-0.05, 0) is 68.5 Å². The van der Waals surface area contributed by atoms with Crippen LogP contribution in [0.5, 0.6) is 0 Å². The van der Waals surface area contributed by atoms with Crippen LogP contribution in [0.4, 0.5) is 4.79 Å². The number of likely N-dealkylation sites (N-methyl/N-ethyl adjacent to an activating group) is 2. The van der Waals surface area contributed by atoms with Crippen LogP contribution in [0.25, 0.3) is 0 Å². The summed E-state index contributed by atoms with van der Waals surface area (Å²) in [6.07, 6.45) is -1.08. The fourth-order valence-electron chi connectivity index (χ4n) is 10.4. The molecule has 0 aromatic heterocycles. The van der Waals surface area contributed by atoms with E-state index < -0.39 is 102 Å². The molecule has 2 unspecified atom stereocenters. The van der Waals surface area contributed by atoms with Gasteiger partial charge in [-0.1, -0.05) is 113 Å². The Balaban J connectivity index is 2.13. The lowest BCUT2D eigenvalue weighted by molar-refractivity contribution is -0.181. The maximum absolute atomic E-state index is 14.5. The highest BCUT2D eigenvalue weighted by molar-refractivity contribution is 5.91. The van der Waals surface area contributed by atoms with Gasteiger partial charge < -0.3 is 69.9 Å². The van der Waals surface area contributed by atoms with E-state index >= 15 is 0 Å². The molecule has 0 radical (unpaired) electrons. The number of likely N-dealkylation sites (tertiary alicyclic amines) is 1. The van der Waals surface area contributed by atoms with Gasteiger partial charge >= 0.3 is 12.1 Å². The van der Waals surface area contributed by atoms with Crippen molar-refractivity contribution < 1.29 is 71.9 Å². The van der Waals surface area contributed by atoms with Crippen molar-refractivity contribution in [2.45, 2.75) is 188 Å². The molecular formula is C60H104N8O15. The summed E-state index contributed by atoms with van der Waals surface area (Å²) in [6, 6.07) is 4.88. The number of nitrogens with one attached hydrogen (secondary N) is 5. The normalized spacial score (nSPS) is 17.7. The summed E-state index contributed by atoms with van der Waals surface area (Å²) in [4.78, 5) is 115. The third kappa shape index (κ3) is 23.8. The minimum atomic E-state index is -1.04. The molecule has 7 amide bonds. The van der Waals surface area contributed by atoms with Crippen molar-refractivity contribution in [2.75, 3.05) is 81.9 Å². The van der Waals surface area contributed by atoms with Gasteiger partial charge in [0.1, 0.15) is 24.7 Å². The molecule has 0 aliphatic carbocycles. The molecule has 1 aromatic rings. The number of aliphatic hydroxyl groups is 1. The molecule has 1 fully saturated rings. The highest BCUT2D eigenvalue weighted by Gasteiger charge is 2.44. The number of aliphatic hydroxyl groups excluding tert-OH is 1. The van der Waals surface area contributed by atoms with Gasteiger partial charge in [0.15, 0.2) is 6.29 Å². The van der Waals surface area contributed by atoms with Crippen molar-refractivity contribution >= 4 is 47.5 Å². The van der Waals surface area contributed by atoms with Gasteiger partial charge in [0.05, 0.1) is 62.0 Å². The quantitative estimate of drug-likeness (QED) is 0.0314. The molecular weight excluding hydrogens is 1070 g/mol. The zero-order chi connectivity index (χ0) is 62.7. The fourth-order valence-corrected chi connectivity index (χ4v) is 10.4. The topological polar surface area (TPSA) is 282 Å². The van der Waals surface area contributed by atoms with Crippen molar-refractivity contribution in [3.8, 4) is 0 Å². The van der Waals surface area contributed by atoms with Gasteiger partial charge in [0.25, 0.3) is 0 Å². The Morgan fingerprint density at radius 1 is 0.783 bits per heavy atom. The summed E-state index contributed by atoms with van der Waals surface area (Å²) >= 11 is 0. The van der Waals surface area contributed by atoms with E-state index in [1.54, 1.807) is 44.5 Å². The van der Waals surface area contributed by atoms with Crippen molar-refractivity contribution in [1.29, 1.82) is 0 Å². The number of hydrogen-bond acceptors (Lipinski definition) is 16. The van der Waals surface area contributed by atoms with Gasteiger partial charge in [-0.3, -0.25) is 33.7 Å². The number of rotatable bonds is 37. The predicted octanol–water partition coefficient (Wildman–Crippen LogP) is 3.82. The van der Waals surface area contributed by atoms with Crippen LogP contribution in [0, 0.1) is 29.1 Å². The molecule has 474 valence electrons. The maximum Gasteiger partial charge on any atom is 0.407 e. The second-order valence-corrected chi connectivity index (χ2v) is 23.7. The highest BCUT2D eigenvalue weighted by atomic mass is 16.7. The first-order valence-corrected chi connectivity index (χ1v) is 29.5. The summed E-state index contributed by atoms with van der Waals surface area (Å²) in [7, 11) is 9.78. The van der Waals surface area contributed by atoms with Gasteiger partial charge in [-0.25, -0.2) is 9.59 Å². The smallest absolute Gasteiger partial charge is 0.407 e. The lowest BCUT2D eigenvalue weighted by atomic mass is 9.86. The monoisotopic (exact) mass is 1180 g/mol. The number of alkyl carbamates (subject to hydrolysis) is 1. The Bertz CT molecular complexity index is 2150. The van der Waals surface area contributed by atoms with E-state index in [9.17, 15) is 43.5 Å². The molecule has 6 N–H and O–H groups in total. The van der Waals surface area contributed by atoms with Crippen LogP contribution in [-0.4, -0.2) is 210 Å². The molecule has 23 nitrogen and oxygen atoms in total. The number of methoxy groups -OCH3 is 3. The molecule has 1 saturated heterocycles. The molecule has 1 aliphatic rings. The number of hydrogen-bond donors (Lipinski definition) is 6. The Morgan fingerprint density at radius 3 is 1.99 bits per heavy atom. The Kier molecular flexibility index (Phi) is 32.9. The average molecular weight is 1180 g/mol. The Labute approximate surface area is 494 Å². The van der Waals surface area contributed by atoms with Crippen molar-refractivity contribution in [1.82, 2.24) is 41.3 Å². The minimum absolute atomic E-state index is 0.00236. The number of esters is 1. The van der Waals surface area contributed by atoms with Gasteiger partial charge in [-0.15, -0.1) is 0 Å². The van der Waals surface area contributed by atoms with E-state index in [0.29, 0.717) is 32.2 Å². The minimum Gasteiger partial charge on any atom is -0.464 e. The fraction of sp³-hybridized carbons (Fsp3) is 0.767. The lowest BCUT2D eigenvalue weighted by Gasteiger charge is -2.41. The molecule has 23 heteroatoms. The van der Waals surface area contributed by atoms with Crippen LogP contribution in [0.2, 0.25) is 0 Å². The molecule has 1 aromatic carbocycles. The van der Waals surface area contributed by atoms with Crippen LogP contribution in [0.3, 0.4) is 0 Å². The first-order valence-electron chi connectivity index (χ1n) is 29.5. The summed E-state index contributed by atoms with van der Waals surface area (Å²) in [5, 5.41) is 23.4. The van der Waals surface area contributed by atoms with Crippen LogP contribution in [-0.2, 0) is 68.4 Å². The van der Waals surface area contributed by atoms with Crippen LogP contribution >= 0.6 is 0 Å². The van der Waals surface area contributed by atoms with E-state index in [2.05, 4.69) is 26.6 Å². The largest absolute Gasteiger partial charge is 0.464 e. The average Bonchev–Trinajstić information content (AvgIpc) is 4.14. The molecule has 1 heterocycles. The van der Waals surface area contributed by atoms with Gasteiger partial charge in [0, 0.05) is 60.9 Å². The zero-order valence-corrected chi connectivity index (χ0v) is 52.9. The van der Waals surface area contributed by atoms with Crippen molar-refractivity contribution in [3.63, 3.8) is 0 Å². The summed E-state index contributed by atoms with van der Waals surface area (Å²) in [6.45, 7) is 20.4. The van der Waals surface area contributed by atoms with Crippen molar-refractivity contribution in [3.05, 3.63) is 35.9 Å². The maximum atomic E-state index is 14.5. The van der Waals surface area contributed by atoms with Crippen LogP contribution in [0.15, 0.2) is 30.3 Å². The lowest BCUT2D eigenvalue weighted by Crippen LogP contribution is -2.59. The SMILES string of the molecule is CCC(CO)OC(COC(=O)NCCC(=O)N[C@@H](C(=O)OCCCNC(=O)[C@@H](Cc1ccccc1)NC(=O)[C@@H](C)[C@H](OC)[C@H]1CCCN1C(=O)C[C@H](OC)[C@@H]([C@H](C)CC)N(C)C(=O)[C@H](NC(=O)[C@@H](C(C)C)N(C)C)C(C)C)C(C)(C)C)OC. The van der Waals surface area contributed by atoms with E-state index in [-0.39, 0.29) is 94.1 Å². The number of nitrogens with zero attached hydrogens (tertiary/aromatic N) is 3. The second kappa shape index (κ2) is 37.1. The highest BCUT2D eigenvalue weighted by Crippen LogP contribution is 2.30. The third-order valence-corrected chi connectivity index (χ3v) is 15.4. The summed E-state index contributed by atoms with van der Waals surface area (Å²) in [5.74, 6) is -4.00. The van der Waals surface area contributed by atoms with E-state index in [4.69, 9.17) is 28.4 Å². The van der Waals surface area contributed by atoms with Crippen molar-refractivity contribution in [2.24, 2.45) is 29.1 Å². The second-order valence-electron chi connectivity index (χ2n) is 23.7. The van der Waals surface area contributed by atoms with Crippen LogP contribution < -0.4 is 26.6 Å². The third-order valence-electron chi connectivity index (χ3n) is 15.4. The van der Waals surface area contributed by atoms with E-state index in [1.807, 2.05) is 97.8 Å². The first-order chi connectivity index (χ1) is 39.1. The first kappa shape index (κ1) is 73.6. The van der Waals surface area contributed by atoms with E-state index in [0.717, 1.165) is 5.56 Å². The van der Waals surface area contributed by atoms with E-state index in [1.165, 1.54) is 21.3 Å². The number of carbonyl (C=O) groups is 8. The van der Waals surface area contributed by atoms with Gasteiger partial charge in [-0.2, -0.15) is 0 Å². The molecule has 0 bridgehead atoms. The Morgan fingerprint density at radius 2 is 1.45 bits per heavy atom. The number of amides is 7. The standard InChI is InChI=1S/C60H104N8O15/c1-18-39(7)51(67(14)57(75)49(37(3)4)65-56(74)50(38(5)6)66(12)13)45(78-15)34-47(71)68-31-23-27-44(68)52(80-17)40(8)54(72)63-43(33-41-25-21-20-22-26-41)55(73)61-29-24-32-81-58(76)53(60(9,10)11)64-46(70)28-30-62-59(77)82-36-48(79-16)83-42(19-2)35-69/h20-22,25-26,37-40,42-45,48-53,69H,18-19,23-24,27-36H2,1-17H3,(H,61,73)(H,62,77)(H,63,72)(H,64,70)(H,65,74)/t39-,40+,42?,43-,44-,45+,48?,49-,50-,51-,52+,53+/m1/s1. The van der Waals surface area contributed by atoms with Crippen LogP contribution in [0.1, 0.15) is 127 Å². The molecule has 83 heavy (non-hydrogen) atoms. The summed E-state index contributed by atoms with van der Waals surface area (Å²) < 4.78 is 33.5. The number of ether oxygens (including phenoxy) is 6. The van der Waals surface area contributed by atoms with Gasteiger partial charge in [0.2, 0.25) is 35.4 Å². The Hall–Kier alpha value is -5.46. The molecule has 1 aliphatic heterocycles. The summed E-state index contributed by atoms with van der Waals surface area (Å²) in [5.41, 5.74) is 0.0426. The number of carbonyl (C=O) groups excluding carboxylic acids is 8. The molecule has 12 atom stereocenters. The molecule has 0 saturated carbocycles. The zero-order valence-electron chi connectivity index (χ0n) is 52.9.